The molecule has 1 aliphatic heterocycles. The minimum Gasteiger partial charge on any atom is -0.497 e. The number of hydrogen-bond acceptors (Lipinski definition) is 5. The molecule has 29 heavy (non-hydrogen) atoms. The summed E-state index contributed by atoms with van der Waals surface area (Å²) in [6, 6.07) is 15.4. The Balaban J connectivity index is 1.62. The molecule has 150 valence electrons. The van der Waals surface area contributed by atoms with E-state index in [2.05, 4.69) is 31.2 Å². The Morgan fingerprint density at radius 2 is 1.97 bits per heavy atom. The van der Waals surface area contributed by atoms with E-state index in [9.17, 15) is 4.79 Å². The summed E-state index contributed by atoms with van der Waals surface area (Å²) in [6.07, 6.45) is 2.04. The average molecular weight is 409 g/mol. The van der Waals surface area contributed by atoms with Gasteiger partial charge in [0.2, 0.25) is 0 Å². The summed E-state index contributed by atoms with van der Waals surface area (Å²) in [6.45, 7) is 3.32. The molecule has 0 N–H and O–H groups in total. The number of methoxy groups -OCH3 is 1. The SMILES string of the molecule is COc1ccc(C(=O)N(CC2CCCO2)c2nc(-c3ccc(C)cc3)cs2)cc1. The van der Waals surface area contributed by atoms with Crippen molar-refractivity contribution >= 4 is 22.4 Å². The van der Waals surface area contributed by atoms with E-state index in [1.807, 2.05) is 5.38 Å². The first-order chi connectivity index (χ1) is 14.1. The summed E-state index contributed by atoms with van der Waals surface area (Å²) in [5, 5.41) is 2.70. The molecule has 2 heterocycles. The fraction of sp³-hybridized carbons (Fsp3) is 0.304. The summed E-state index contributed by atoms with van der Waals surface area (Å²) >= 11 is 1.48. The van der Waals surface area contributed by atoms with Crippen molar-refractivity contribution in [2.75, 3.05) is 25.2 Å². The predicted molar refractivity (Wildman–Crippen MR) is 116 cm³/mol. The van der Waals surface area contributed by atoms with Crippen LogP contribution in [0.2, 0.25) is 0 Å². The molecule has 1 aliphatic rings. The van der Waals surface area contributed by atoms with Crippen LogP contribution < -0.4 is 9.64 Å². The Kier molecular flexibility index (Phi) is 5.92. The maximum atomic E-state index is 13.3. The van der Waals surface area contributed by atoms with E-state index in [1.54, 1.807) is 36.3 Å². The van der Waals surface area contributed by atoms with Crippen LogP contribution in [-0.2, 0) is 4.74 Å². The van der Waals surface area contributed by atoms with Gasteiger partial charge in [-0.25, -0.2) is 4.98 Å². The number of anilines is 1. The van der Waals surface area contributed by atoms with Gasteiger partial charge in [-0.05, 0) is 44.0 Å². The van der Waals surface area contributed by atoms with Crippen molar-refractivity contribution in [3.8, 4) is 17.0 Å². The molecule has 1 amide bonds. The summed E-state index contributed by atoms with van der Waals surface area (Å²) in [4.78, 5) is 19.8. The third-order valence-corrected chi connectivity index (χ3v) is 5.93. The Morgan fingerprint density at radius 1 is 1.21 bits per heavy atom. The van der Waals surface area contributed by atoms with Crippen molar-refractivity contribution in [1.29, 1.82) is 0 Å². The third-order valence-electron chi connectivity index (χ3n) is 5.06. The second-order valence-electron chi connectivity index (χ2n) is 7.16. The molecule has 1 aromatic heterocycles. The van der Waals surface area contributed by atoms with E-state index >= 15 is 0 Å². The van der Waals surface area contributed by atoms with Crippen molar-refractivity contribution in [3.63, 3.8) is 0 Å². The van der Waals surface area contributed by atoms with Gasteiger partial charge in [-0.2, -0.15) is 0 Å². The molecule has 4 rings (SSSR count). The summed E-state index contributed by atoms with van der Waals surface area (Å²) < 4.78 is 11.0. The molecule has 6 heteroatoms. The number of rotatable bonds is 6. The number of benzene rings is 2. The number of thiazole rings is 1. The summed E-state index contributed by atoms with van der Waals surface area (Å²) in [7, 11) is 1.61. The molecule has 3 aromatic rings. The van der Waals surface area contributed by atoms with Crippen LogP contribution in [0, 0.1) is 6.92 Å². The number of aromatic nitrogens is 1. The van der Waals surface area contributed by atoms with Gasteiger partial charge < -0.3 is 9.47 Å². The highest BCUT2D eigenvalue weighted by atomic mass is 32.1. The zero-order valence-corrected chi connectivity index (χ0v) is 17.4. The minimum absolute atomic E-state index is 0.0453. The number of aryl methyl sites for hydroxylation is 1. The van der Waals surface area contributed by atoms with Crippen molar-refractivity contribution in [1.82, 2.24) is 4.98 Å². The van der Waals surface area contributed by atoms with Gasteiger partial charge >= 0.3 is 0 Å². The second-order valence-corrected chi connectivity index (χ2v) is 8.00. The molecule has 1 fully saturated rings. The Bertz CT molecular complexity index is 961. The zero-order chi connectivity index (χ0) is 20.2. The molecule has 0 radical (unpaired) electrons. The van der Waals surface area contributed by atoms with Gasteiger partial charge in [0.05, 0.1) is 25.5 Å². The van der Waals surface area contributed by atoms with Gasteiger partial charge in [0.15, 0.2) is 5.13 Å². The van der Waals surface area contributed by atoms with Crippen LogP contribution in [0.1, 0.15) is 28.8 Å². The highest BCUT2D eigenvalue weighted by Gasteiger charge is 2.27. The fourth-order valence-corrected chi connectivity index (χ4v) is 4.22. The number of hydrogen-bond donors (Lipinski definition) is 0. The molecule has 5 nitrogen and oxygen atoms in total. The third kappa shape index (κ3) is 4.49. The normalized spacial score (nSPS) is 16.0. The quantitative estimate of drug-likeness (QED) is 0.579. The second kappa shape index (κ2) is 8.76. The standard InChI is InChI=1S/C23H24N2O3S/c1-16-5-7-17(8-6-16)21-15-29-23(24-21)25(14-20-4-3-13-28-20)22(26)18-9-11-19(27-2)12-10-18/h5-12,15,20H,3-4,13-14H2,1-2H3. The van der Waals surface area contributed by atoms with E-state index in [1.165, 1.54) is 16.9 Å². The molecule has 0 aliphatic carbocycles. The van der Waals surface area contributed by atoms with Gasteiger partial charge in [0.25, 0.3) is 5.91 Å². The van der Waals surface area contributed by atoms with E-state index in [0.29, 0.717) is 17.2 Å². The Labute approximate surface area is 174 Å². The molecular weight excluding hydrogens is 384 g/mol. The molecule has 1 unspecified atom stereocenters. The highest BCUT2D eigenvalue weighted by Crippen LogP contribution is 2.30. The number of amides is 1. The number of carbonyl (C=O) groups excluding carboxylic acids is 1. The lowest BCUT2D eigenvalue weighted by atomic mass is 10.1. The number of nitrogens with zero attached hydrogens (tertiary/aromatic N) is 2. The van der Waals surface area contributed by atoms with Gasteiger partial charge in [0.1, 0.15) is 5.75 Å². The topological polar surface area (TPSA) is 51.7 Å². The van der Waals surface area contributed by atoms with Gasteiger partial charge in [0, 0.05) is 23.1 Å². The lowest BCUT2D eigenvalue weighted by molar-refractivity contribution is 0.0917. The molecule has 2 aromatic carbocycles. The van der Waals surface area contributed by atoms with E-state index in [4.69, 9.17) is 14.5 Å². The highest BCUT2D eigenvalue weighted by molar-refractivity contribution is 7.14. The molecule has 1 atom stereocenters. The largest absolute Gasteiger partial charge is 0.497 e. The molecule has 0 saturated carbocycles. The predicted octanol–water partition coefficient (Wildman–Crippen LogP) is 4.95. The minimum atomic E-state index is -0.0760. The van der Waals surface area contributed by atoms with Crippen molar-refractivity contribution in [2.24, 2.45) is 0 Å². The van der Waals surface area contributed by atoms with Crippen LogP contribution in [0.4, 0.5) is 5.13 Å². The van der Waals surface area contributed by atoms with E-state index in [-0.39, 0.29) is 12.0 Å². The fourth-order valence-electron chi connectivity index (χ4n) is 3.37. The molecular formula is C23H24N2O3S. The van der Waals surface area contributed by atoms with Gasteiger partial charge in [-0.1, -0.05) is 29.8 Å². The monoisotopic (exact) mass is 408 g/mol. The van der Waals surface area contributed by atoms with Crippen LogP contribution in [0.15, 0.2) is 53.9 Å². The lowest BCUT2D eigenvalue weighted by Gasteiger charge is -2.23. The van der Waals surface area contributed by atoms with Crippen LogP contribution in [0.3, 0.4) is 0 Å². The lowest BCUT2D eigenvalue weighted by Crippen LogP contribution is -2.37. The maximum Gasteiger partial charge on any atom is 0.260 e. The van der Waals surface area contributed by atoms with Gasteiger partial charge in [-0.3, -0.25) is 9.69 Å². The molecule has 1 saturated heterocycles. The first-order valence-corrected chi connectivity index (χ1v) is 10.6. The number of carbonyl (C=O) groups is 1. The summed E-state index contributed by atoms with van der Waals surface area (Å²) in [5.41, 5.74) is 3.74. The summed E-state index contributed by atoms with van der Waals surface area (Å²) in [5.74, 6) is 0.649. The van der Waals surface area contributed by atoms with E-state index < -0.39 is 0 Å². The first kappa shape index (κ1) is 19.6. The van der Waals surface area contributed by atoms with Crippen LogP contribution in [-0.4, -0.2) is 37.3 Å². The maximum absolute atomic E-state index is 13.3. The van der Waals surface area contributed by atoms with E-state index in [0.717, 1.165) is 36.5 Å². The Hall–Kier alpha value is -2.70. The molecule has 0 bridgehead atoms. The van der Waals surface area contributed by atoms with Crippen molar-refractivity contribution in [3.05, 3.63) is 65.0 Å². The van der Waals surface area contributed by atoms with Crippen LogP contribution in [0.5, 0.6) is 5.75 Å². The average Bonchev–Trinajstić information content (AvgIpc) is 3.44. The Morgan fingerprint density at radius 3 is 2.62 bits per heavy atom. The van der Waals surface area contributed by atoms with Crippen molar-refractivity contribution < 1.29 is 14.3 Å². The zero-order valence-electron chi connectivity index (χ0n) is 16.6. The molecule has 0 spiro atoms. The van der Waals surface area contributed by atoms with Gasteiger partial charge in [-0.15, -0.1) is 11.3 Å². The smallest absolute Gasteiger partial charge is 0.260 e. The van der Waals surface area contributed by atoms with Crippen LogP contribution >= 0.6 is 11.3 Å². The first-order valence-electron chi connectivity index (χ1n) is 9.74. The number of ether oxygens (including phenoxy) is 2. The van der Waals surface area contributed by atoms with Crippen molar-refractivity contribution in [2.45, 2.75) is 25.9 Å². The van der Waals surface area contributed by atoms with Crippen LogP contribution in [0.25, 0.3) is 11.3 Å².